The summed E-state index contributed by atoms with van der Waals surface area (Å²) in [5, 5.41) is 8.60. The van der Waals surface area contributed by atoms with Gasteiger partial charge in [0.25, 0.3) is 0 Å². The molecule has 164 valence electrons. The summed E-state index contributed by atoms with van der Waals surface area (Å²) in [6, 6.07) is 3.62. The van der Waals surface area contributed by atoms with Gasteiger partial charge in [0, 0.05) is 11.7 Å². The van der Waals surface area contributed by atoms with Crippen LogP contribution in [-0.4, -0.2) is 33.7 Å². The molecule has 1 aliphatic carbocycles. The number of aryl methyl sites for hydroxylation is 1. The molecule has 2 atom stereocenters. The van der Waals surface area contributed by atoms with Crippen molar-refractivity contribution < 1.29 is 31.9 Å². The van der Waals surface area contributed by atoms with Gasteiger partial charge >= 0.3 is 12.1 Å². The highest BCUT2D eigenvalue weighted by atomic mass is 32.2. The first kappa shape index (κ1) is 22.5. The molecule has 0 bridgehead atoms. The van der Waals surface area contributed by atoms with Crippen molar-refractivity contribution >= 4 is 23.8 Å². The van der Waals surface area contributed by atoms with Crippen molar-refractivity contribution in [2.75, 3.05) is 11.5 Å². The molecular formula is C21H24F3NO4S. The van der Waals surface area contributed by atoms with Gasteiger partial charge in [0.05, 0.1) is 23.8 Å². The van der Waals surface area contributed by atoms with E-state index in [9.17, 15) is 18.0 Å². The predicted octanol–water partition coefficient (Wildman–Crippen LogP) is 5.83. The molecule has 0 aliphatic heterocycles. The Balaban J connectivity index is 1.59. The number of furan rings is 1. The van der Waals surface area contributed by atoms with Gasteiger partial charge < -0.3 is 13.9 Å². The highest BCUT2D eigenvalue weighted by molar-refractivity contribution is 8.00. The van der Waals surface area contributed by atoms with Crippen LogP contribution >= 0.6 is 11.8 Å². The zero-order valence-electron chi connectivity index (χ0n) is 16.6. The van der Waals surface area contributed by atoms with Crippen molar-refractivity contribution in [3.05, 3.63) is 47.1 Å². The Labute approximate surface area is 176 Å². The summed E-state index contributed by atoms with van der Waals surface area (Å²) >= 11 is 1.29. The highest BCUT2D eigenvalue weighted by Crippen LogP contribution is 2.43. The summed E-state index contributed by atoms with van der Waals surface area (Å²) in [5.41, 5.74) is 0.668. The third kappa shape index (κ3) is 6.17. The maximum atomic E-state index is 13.1. The second kappa shape index (κ2) is 9.76. The Morgan fingerprint density at radius 3 is 2.87 bits per heavy atom. The maximum Gasteiger partial charge on any atom is 0.391 e. The minimum Gasteiger partial charge on any atom is -0.481 e. The third-order valence-corrected chi connectivity index (χ3v) is 6.02. The molecule has 2 aromatic heterocycles. The second-order valence-corrected chi connectivity index (χ2v) is 8.48. The number of oxazole rings is 1. The standard InChI is InChI=1S/C21H24F3NO4S/c1-13-18(11-17-8-7-16(29-17)6-3-9-30-12-19(26)27)25-20(28-13)14-4-2-5-15(10-14)21(22,23)24/h3,6-8,14-15H,2,4-5,9-12H2,1H3,(H,26,27)/b6-3+. The number of hydrogen-bond acceptors (Lipinski definition) is 5. The molecule has 5 nitrogen and oxygen atoms in total. The van der Waals surface area contributed by atoms with Crippen LogP contribution in [0.3, 0.4) is 0 Å². The molecule has 30 heavy (non-hydrogen) atoms. The number of nitrogens with zero attached hydrogens (tertiary/aromatic N) is 1. The molecule has 0 aromatic carbocycles. The van der Waals surface area contributed by atoms with Gasteiger partial charge in [0.15, 0.2) is 5.89 Å². The number of halogens is 3. The first-order valence-corrected chi connectivity index (χ1v) is 11.0. The zero-order valence-corrected chi connectivity index (χ0v) is 17.4. The van der Waals surface area contributed by atoms with Gasteiger partial charge in [-0.05, 0) is 44.4 Å². The van der Waals surface area contributed by atoms with Gasteiger partial charge in [0.1, 0.15) is 17.3 Å². The van der Waals surface area contributed by atoms with Crippen molar-refractivity contribution in [2.45, 2.75) is 51.1 Å². The van der Waals surface area contributed by atoms with Gasteiger partial charge in [-0.3, -0.25) is 4.79 Å². The lowest BCUT2D eigenvalue weighted by Gasteiger charge is -2.28. The lowest BCUT2D eigenvalue weighted by atomic mass is 9.81. The van der Waals surface area contributed by atoms with Crippen molar-refractivity contribution in [3.63, 3.8) is 0 Å². The quantitative estimate of drug-likeness (QED) is 0.517. The fourth-order valence-electron chi connectivity index (χ4n) is 3.62. The lowest BCUT2D eigenvalue weighted by molar-refractivity contribution is -0.183. The van der Waals surface area contributed by atoms with E-state index in [1.807, 2.05) is 12.1 Å². The number of rotatable bonds is 8. The number of hydrogen-bond donors (Lipinski definition) is 1. The van der Waals surface area contributed by atoms with Gasteiger partial charge in [-0.25, -0.2) is 4.98 Å². The van der Waals surface area contributed by atoms with E-state index in [4.69, 9.17) is 13.9 Å². The first-order valence-electron chi connectivity index (χ1n) is 9.80. The summed E-state index contributed by atoms with van der Waals surface area (Å²) in [6.07, 6.45) is 1.20. The number of carbonyl (C=O) groups is 1. The molecule has 9 heteroatoms. The van der Waals surface area contributed by atoms with Gasteiger partial charge in [0.2, 0.25) is 0 Å². The van der Waals surface area contributed by atoms with Gasteiger partial charge in [-0.15, -0.1) is 11.8 Å². The number of aromatic nitrogens is 1. The Morgan fingerprint density at radius 2 is 2.13 bits per heavy atom. The van der Waals surface area contributed by atoms with E-state index in [0.29, 0.717) is 53.9 Å². The summed E-state index contributed by atoms with van der Waals surface area (Å²) in [6.45, 7) is 1.76. The SMILES string of the molecule is Cc1oc(C2CCCC(C(F)(F)F)C2)nc1Cc1ccc(/C=C/CSCC(=O)O)o1. The fraction of sp³-hybridized carbons (Fsp3) is 0.524. The van der Waals surface area contributed by atoms with Crippen LogP contribution < -0.4 is 0 Å². The van der Waals surface area contributed by atoms with Gasteiger partial charge in [-0.1, -0.05) is 12.5 Å². The van der Waals surface area contributed by atoms with Crippen LogP contribution in [0, 0.1) is 12.8 Å². The van der Waals surface area contributed by atoms with Crippen LogP contribution in [0.5, 0.6) is 0 Å². The minimum absolute atomic E-state index is 0.0263. The van der Waals surface area contributed by atoms with E-state index in [0.717, 1.165) is 0 Å². The highest BCUT2D eigenvalue weighted by Gasteiger charge is 2.43. The van der Waals surface area contributed by atoms with Crippen LogP contribution in [0.4, 0.5) is 13.2 Å². The summed E-state index contributed by atoms with van der Waals surface area (Å²) < 4.78 is 50.7. The normalized spacial score (nSPS) is 20.1. The molecule has 2 unspecified atom stereocenters. The average Bonchev–Trinajstić information content (AvgIpc) is 3.28. The molecule has 1 saturated carbocycles. The van der Waals surface area contributed by atoms with Crippen LogP contribution in [0.25, 0.3) is 6.08 Å². The van der Waals surface area contributed by atoms with Crippen molar-refractivity contribution in [1.29, 1.82) is 0 Å². The van der Waals surface area contributed by atoms with E-state index >= 15 is 0 Å². The minimum atomic E-state index is -4.17. The summed E-state index contributed by atoms with van der Waals surface area (Å²) in [5.74, 6) is 0.460. The van der Waals surface area contributed by atoms with E-state index in [1.165, 1.54) is 11.8 Å². The molecule has 1 aliphatic rings. The first-order chi connectivity index (χ1) is 14.2. The molecule has 3 rings (SSSR count). The summed E-state index contributed by atoms with van der Waals surface area (Å²) in [7, 11) is 0. The number of alkyl halides is 3. The monoisotopic (exact) mass is 443 g/mol. The smallest absolute Gasteiger partial charge is 0.391 e. The fourth-order valence-corrected chi connectivity index (χ4v) is 4.15. The molecule has 0 spiro atoms. The van der Waals surface area contributed by atoms with Crippen molar-refractivity contribution in [1.82, 2.24) is 4.98 Å². The van der Waals surface area contributed by atoms with E-state index < -0.39 is 18.1 Å². The number of carboxylic acids is 1. The summed E-state index contributed by atoms with van der Waals surface area (Å²) in [4.78, 5) is 15.0. The Hall–Kier alpha value is -2.16. The Kier molecular flexibility index (Phi) is 7.33. The molecule has 0 amide bonds. The molecule has 0 radical (unpaired) electrons. The number of aliphatic carboxylic acids is 1. The predicted molar refractivity (Wildman–Crippen MR) is 108 cm³/mol. The van der Waals surface area contributed by atoms with E-state index in [2.05, 4.69) is 4.98 Å². The van der Waals surface area contributed by atoms with Crippen LogP contribution in [0.15, 0.2) is 27.0 Å². The zero-order chi connectivity index (χ0) is 21.7. The topological polar surface area (TPSA) is 76.5 Å². The Bertz CT molecular complexity index is 887. The average molecular weight is 443 g/mol. The molecule has 0 saturated heterocycles. The van der Waals surface area contributed by atoms with Crippen LogP contribution in [0.2, 0.25) is 0 Å². The maximum absolute atomic E-state index is 13.1. The second-order valence-electron chi connectivity index (χ2n) is 7.45. The van der Waals surface area contributed by atoms with Crippen LogP contribution in [-0.2, 0) is 11.2 Å². The number of carboxylic acid groups (broad SMARTS) is 1. The van der Waals surface area contributed by atoms with Crippen molar-refractivity contribution in [3.8, 4) is 0 Å². The largest absolute Gasteiger partial charge is 0.481 e. The van der Waals surface area contributed by atoms with E-state index in [1.54, 1.807) is 19.1 Å². The van der Waals surface area contributed by atoms with E-state index in [-0.39, 0.29) is 24.5 Å². The van der Waals surface area contributed by atoms with Crippen molar-refractivity contribution in [2.24, 2.45) is 5.92 Å². The van der Waals surface area contributed by atoms with Gasteiger partial charge in [-0.2, -0.15) is 13.2 Å². The number of thioether (sulfide) groups is 1. The molecular weight excluding hydrogens is 419 g/mol. The Morgan fingerprint density at radius 1 is 1.33 bits per heavy atom. The molecule has 1 N–H and O–H groups in total. The third-order valence-electron chi connectivity index (χ3n) is 5.14. The molecule has 2 heterocycles. The molecule has 1 fully saturated rings. The lowest BCUT2D eigenvalue weighted by Crippen LogP contribution is -2.28. The molecule has 2 aromatic rings. The van der Waals surface area contributed by atoms with Crippen LogP contribution in [0.1, 0.15) is 60.5 Å².